The molecule has 0 amide bonds. The number of sulfonamides is 1. The monoisotopic (exact) mass is 391 g/mol. The van der Waals surface area contributed by atoms with Crippen LogP contribution in [-0.4, -0.2) is 47.6 Å². The summed E-state index contributed by atoms with van der Waals surface area (Å²) in [5.74, 6) is 0.0124. The van der Waals surface area contributed by atoms with E-state index >= 15 is 0 Å². The summed E-state index contributed by atoms with van der Waals surface area (Å²) in [4.78, 5) is -0.00781. The summed E-state index contributed by atoms with van der Waals surface area (Å²) in [7, 11) is -2.10. The highest BCUT2D eigenvalue weighted by molar-refractivity contribution is 7.95. The molecule has 1 heterocycles. The second kappa shape index (κ2) is 6.12. The third-order valence-electron chi connectivity index (χ3n) is 3.11. The van der Waals surface area contributed by atoms with Crippen molar-refractivity contribution in [1.82, 2.24) is 0 Å². The quantitative estimate of drug-likeness (QED) is 0.742. The highest BCUT2D eigenvalue weighted by atomic mass is 32.3. The van der Waals surface area contributed by atoms with E-state index in [2.05, 4.69) is 0 Å². The fourth-order valence-electron chi connectivity index (χ4n) is 2.08. The van der Waals surface area contributed by atoms with Gasteiger partial charge in [-0.2, -0.15) is 0 Å². The molecule has 0 radical (unpaired) electrons. The zero-order valence-corrected chi connectivity index (χ0v) is 15.9. The van der Waals surface area contributed by atoms with Gasteiger partial charge in [-0.3, -0.25) is 0 Å². The van der Waals surface area contributed by atoms with Crippen LogP contribution in [0.5, 0.6) is 5.75 Å². The van der Waals surface area contributed by atoms with Gasteiger partial charge in [-0.25, -0.2) is 22.0 Å². The van der Waals surface area contributed by atoms with E-state index in [1.165, 1.54) is 30.3 Å². The number of phenols is 1. The van der Waals surface area contributed by atoms with Crippen LogP contribution in [0.15, 0.2) is 43.6 Å². The average molecular weight is 392 g/mol. The first-order valence-corrected chi connectivity index (χ1v) is 10.7. The van der Waals surface area contributed by atoms with Gasteiger partial charge >= 0.3 is 0 Å². The van der Waals surface area contributed by atoms with E-state index in [4.69, 9.17) is 5.14 Å². The molecular weight excluding hydrogens is 372 g/mol. The zero-order valence-electron chi connectivity index (χ0n) is 13.4. The molecular formula is C14H19N2O5S3+. The van der Waals surface area contributed by atoms with Gasteiger partial charge in [0.05, 0.1) is 26.0 Å². The Kier molecular flexibility index (Phi) is 4.81. The van der Waals surface area contributed by atoms with Gasteiger partial charge in [0, 0.05) is 5.56 Å². The molecule has 10 heteroatoms. The largest absolute Gasteiger partial charge is 0.507 e. The van der Waals surface area contributed by atoms with Gasteiger partial charge in [0.15, 0.2) is 0 Å². The number of nitrogens with zero attached hydrogens (tertiary/aromatic N) is 1. The number of aromatic hydroxyl groups is 1. The molecule has 0 unspecified atom stereocenters. The molecule has 0 fully saturated rings. The lowest BCUT2D eigenvalue weighted by Crippen LogP contribution is -2.33. The minimum Gasteiger partial charge on any atom is -0.507 e. The predicted molar refractivity (Wildman–Crippen MR) is 91.0 cm³/mol. The van der Waals surface area contributed by atoms with Crippen LogP contribution >= 0.6 is 11.3 Å². The van der Waals surface area contributed by atoms with E-state index in [0.29, 0.717) is 27.9 Å². The van der Waals surface area contributed by atoms with Crippen LogP contribution in [0.4, 0.5) is 0 Å². The van der Waals surface area contributed by atoms with Gasteiger partial charge in [-0.1, -0.05) is 0 Å². The number of thiophene rings is 1. The van der Waals surface area contributed by atoms with Gasteiger partial charge in [0.2, 0.25) is 19.9 Å². The van der Waals surface area contributed by atoms with Crippen LogP contribution in [0.25, 0.3) is 0 Å². The lowest BCUT2D eigenvalue weighted by Gasteiger charge is -2.24. The van der Waals surface area contributed by atoms with Crippen molar-refractivity contribution in [1.29, 1.82) is 0 Å². The van der Waals surface area contributed by atoms with Crippen molar-refractivity contribution < 1.29 is 26.4 Å². The molecule has 0 aliphatic heterocycles. The van der Waals surface area contributed by atoms with E-state index in [1.807, 2.05) is 21.1 Å². The molecule has 0 atom stereocenters. The number of rotatable bonds is 5. The zero-order chi connectivity index (χ0) is 18.3. The maximum absolute atomic E-state index is 12.7. The second-order valence-corrected chi connectivity index (χ2v) is 11.4. The van der Waals surface area contributed by atoms with Gasteiger partial charge in [-0.05, 0) is 30.3 Å². The minimum atomic E-state index is -3.95. The Morgan fingerprint density at radius 2 is 1.62 bits per heavy atom. The Labute approximate surface area is 145 Å². The number of primary sulfonamides is 1. The Balaban J connectivity index is 2.50. The molecule has 0 aliphatic rings. The van der Waals surface area contributed by atoms with E-state index in [1.54, 1.807) is 0 Å². The highest BCUT2D eigenvalue weighted by Gasteiger charge is 2.24. The summed E-state index contributed by atoms with van der Waals surface area (Å²) >= 11 is 0.597. The average Bonchev–Trinajstić information content (AvgIpc) is 2.89. The maximum atomic E-state index is 12.7. The first-order chi connectivity index (χ1) is 10.8. The van der Waals surface area contributed by atoms with Crippen molar-refractivity contribution in [2.24, 2.45) is 5.14 Å². The fraction of sp³-hybridized carbons (Fsp3) is 0.286. The number of phenolic OH excluding ortho intramolecular Hbond substituents is 1. The van der Waals surface area contributed by atoms with Gasteiger partial charge in [0.1, 0.15) is 20.7 Å². The molecule has 0 bridgehead atoms. The van der Waals surface area contributed by atoms with Crippen molar-refractivity contribution >= 4 is 31.2 Å². The van der Waals surface area contributed by atoms with Crippen LogP contribution in [0, 0.1) is 0 Å². The van der Waals surface area contributed by atoms with Crippen molar-refractivity contribution in [3.8, 4) is 5.75 Å². The Hall–Kier alpha value is -1.46. The van der Waals surface area contributed by atoms with Gasteiger partial charge < -0.3 is 9.59 Å². The lowest BCUT2D eigenvalue weighted by molar-refractivity contribution is -0.884. The Morgan fingerprint density at radius 3 is 2.12 bits per heavy atom. The number of sulfone groups is 1. The summed E-state index contributed by atoms with van der Waals surface area (Å²) < 4.78 is 48.2. The third kappa shape index (κ3) is 4.14. The standard InChI is InChI=1S/C14H18N2O5S3/c1-16(2,3)9-10-8-11(4-5-12(10)17)23(18,19)13-6-7-14(22-13)24(15,20)21/h4-8H,9H2,1-3H3,(H2-,15,17,20,21)/p+1. The molecule has 0 aliphatic carbocycles. The summed E-state index contributed by atoms with van der Waals surface area (Å²) in [5, 5.41) is 15.0. The molecule has 132 valence electrons. The van der Waals surface area contributed by atoms with Crippen LogP contribution < -0.4 is 5.14 Å². The Bertz CT molecular complexity index is 970. The van der Waals surface area contributed by atoms with Crippen LogP contribution in [0.3, 0.4) is 0 Å². The molecule has 0 spiro atoms. The van der Waals surface area contributed by atoms with Crippen molar-refractivity contribution in [3.05, 3.63) is 35.9 Å². The van der Waals surface area contributed by atoms with Crippen LogP contribution in [0.1, 0.15) is 5.56 Å². The first kappa shape index (κ1) is 18.9. The third-order valence-corrected chi connectivity index (χ3v) is 7.87. The topological polar surface area (TPSA) is 115 Å². The molecule has 2 rings (SSSR count). The van der Waals surface area contributed by atoms with Gasteiger partial charge in [0.25, 0.3) is 0 Å². The second-order valence-electron chi connectivity index (χ2n) is 6.36. The van der Waals surface area contributed by atoms with E-state index in [9.17, 15) is 21.9 Å². The van der Waals surface area contributed by atoms with Crippen LogP contribution in [-0.2, 0) is 26.4 Å². The highest BCUT2D eigenvalue weighted by Crippen LogP contribution is 2.32. The molecule has 2 aromatic rings. The minimum absolute atomic E-state index is 0.00781. The van der Waals surface area contributed by atoms with Crippen LogP contribution in [0.2, 0.25) is 0 Å². The van der Waals surface area contributed by atoms with E-state index < -0.39 is 19.9 Å². The number of quaternary nitrogens is 1. The summed E-state index contributed by atoms with van der Waals surface area (Å²) in [6, 6.07) is 6.41. The first-order valence-electron chi connectivity index (χ1n) is 6.81. The van der Waals surface area contributed by atoms with Crippen molar-refractivity contribution in [2.45, 2.75) is 19.9 Å². The number of hydrogen-bond donors (Lipinski definition) is 2. The molecule has 0 saturated carbocycles. The van der Waals surface area contributed by atoms with Crippen molar-refractivity contribution in [3.63, 3.8) is 0 Å². The van der Waals surface area contributed by atoms with E-state index in [-0.39, 0.29) is 19.1 Å². The van der Waals surface area contributed by atoms with Gasteiger partial charge in [-0.15, -0.1) is 11.3 Å². The number of benzene rings is 1. The summed E-state index contributed by atoms with van der Waals surface area (Å²) in [5.41, 5.74) is 0.492. The summed E-state index contributed by atoms with van der Waals surface area (Å²) in [6.07, 6.45) is 0. The normalized spacial score (nSPS) is 13.2. The Morgan fingerprint density at radius 1 is 1.04 bits per heavy atom. The molecule has 7 nitrogen and oxygen atoms in total. The predicted octanol–water partition coefficient (Wildman–Crippen LogP) is 1.14. The number of nitrogens with two attached hydrogens (primary N) is 1. The molecule has 3 N–H and O–H groups in total. The molecule has 24 heavy (non-hydrogen) atoms. The van der Waals surface area contributed by atoms with Crippen molar-refractivity contribution in [2.75, 3.05) is 21.1 Å². The number of hydrogen-bond acceptors (Lipinski definition) is 6. The lowest BCUT2D eigenvalue weighted by atomic mass is 10.2. The maximum Gasteiger partial charge on any atom is 0.247 e. The SMILES string of the molecule is C[N+](C)(C)Cc1cc(S(=O)(=O)c2ccc(S(N)(=O)=O)s2)ccc1O. The molecule has 1 aromatic heterocycles. The summed E-state index contributed by atoms with van der Waals surface area (Å²) in [6.45, 7) is 0.433. The van der Waals surface area contributed by atoms with E-state index in [0.717, 1.165) is 0 Å². The molecule has 0 saturated heterocycles. The smallest absolute Gasteiger partial charge is 0.247 e. The fourth-order valence-corrected chi connectivity index (χ4v) is 5.72. The molecule has 1 aromatic carbocycles.